The molecule has 1 atom stereocenters. The second-order valence-corrected chi connectivity index (χ2v) is 9.70. The number of amides is 2. The van der Waals surface area contributed by atoms with Crippen molar-refractivity contribution in [1.82, 2.24) is 9.79 Å². The molecule has 3 rings (SSSR count). The third-order valence-corrected chi connectivity index (χ3v) is 7.55. The van der Waals surface area contributed by atoms with Gasteiger partial charge in [-0.15, -0.1) is 0 Å². The number of anilines is 1. The number of para-hydroxylation sites is 1. The highest BCUT2D eigenvalue weighted by molar-refractivity contribution is 7.89. The summed E-state index contributed by atoms with van der Waals surface area (Å²) in [7, 11) is -2.68. The van der Waals surface area contributed by atoms with Gasteiger partial charge in [0.15, 0.2) is 0 Å². The number of carbonyl (C=O) groups is 2. The minimum atomic E-state index is -4.16. The molecule has 0 aliphatic carbocycles. The zero-order valence-electron chi connectivity index (χ0n) is 18.7. The lowest BCUT2D eigenvalue weighted by Crippen LogP contribution is -2.53. The number of methoxy groups -OCH3 is 1. The number of carbonyl (C=O) groups excluding carboxylic acids is 2. The molecule has 2 N–H and O–H groups in total. The fraction of sp³-hybridized carbons (Fsp3) is 0.391. The van der Waals surface area contributed by atoms with Gasteiger partial charge in [0.25, 0.3) is 5.91 Å². The number of benzene rings is 2. The Kier molecular flexibility index (Phi) is 8.06. The van der Waals surface area contributed by atoms with E-state index in [2.05, 4.69) is 0 Å². The molecule has 2 aromatic carbocycles. The third-order valence-electron chi connectivity index (χ3n) is 5.69. The molecule has 33 heavy (non-hydrogen) atoms. The van der Waals surface area contributed by atoms with Crippen LogP contribution in [0.4, 0.5) is 5.69 Å². The van der Waals surface area contributed by atoms with Gasteiger partial charge in [-0.05, 0) is 42.3 Å². The van der Waals surface area contributed by atoms with E-state index in [4.69, 9.17) is 4.74 Å². The predicted octanol–water partition coefficient (Wildman–Crippen LogP) is 2.69. The van der Waals surface area contributed by atoms with Gasteiger partial charge in [0.1, 0.15) is 11.8 Å². The number of hydrogen-bond donors (Lipinski definition) is 2. The maximum Gasteiger partial charge on any atom is 0.263 e. The molecule has 0 bridgehead atoms. The van der Waals surface area contributed by atoms with E-state index in [-0.39, 0.29) is 30.3 Å². The standard InChI is InChI=1S/C23H29N3O6S/c1-3-4-5-10-22(27)25-16-21(23(28)24-29)26(15-17-8-6-7-9-20(17)25)33(30,31)19-13-11-18(32-2)12-14-19/h6-9,11-14,21,29H,3-5,10,15-16H2,1-2H3,(H,24,28). The van der Waals surface area contributed by atoms with Crippen LogP contribution in [0.3, 0.4) is 0 Å². The Balaban J connectivity index is 2.05. The maximum atomic E-state index is 13.6. The molecule has 10 heteroatoms. The quantitative estimate of drug-likeness (QED) is 0.345. The van der Waals surface area contributed by atoms with Crippen LogP contribution in [0, 0.1) is 0 Å². The van der Waals surface area contributed by atoms with Crippen LogP contribution in [0.2, 0.25) is 0 Å². The van der Waals surface area contributed by atoms with Crippen LogP contribution in [0.1, 0.15) is 38.2 Å². The molecule has 2 aromatic rings. The van der Waals surface area contributed by atoms with Crippen molar-refractivity contribution in [2.45, 2.75) is 50.1 Å². The zero-order chi connectivity index (χ0) is 24.0. The number of fused-ring (bicyclic) bond motifs is 1. The van der Waals surface area contributed by atoms with E-state index in [1.54, 1.807) is 29.7 Å². The van der Waals surface area contributed by atoms with Gasteiger partial charge in [-0.25, -0.2) is 13.9 Å². The molecule has 0 saturated heterocycles. The lowest BCUT2D eigenvalue weighted by molar-refractivity contribution is -0.133. The molecule has 9 nitrogen and oxygen atoms in total. The van der Waals surface area contributed by atoms with Gasteiger partial charge in [0.2, 0.25) is 15.9 Å². The van der Waals surface area contributed by atoms with Gasteiger partial charge in [-0.2, -0.15) is 4.31 Å². The molecule has 1 aliphatic rings. The van der Waals surface area contributed by atoms with Crippen LogP contribution in [0.5, 0.6) is 5.75 Å². The molecule has 178 valence electrons. The van der Waals surface area contributed by atoms with E-state index in [1.807, 2.05) is 6.92 Å². The lowest BCUT2D eigenvalue weighted by Gasteiger charge is -2.29. The van der Waals surface area contributed by atoms with E-state index < -0.39 is 22.0 Å². The van der Waals surface area contributed by atoms with Gasteiger partial charge in [-0.1, -0.05) is 38.0 Å². The second-order valence-electron chi connectivity index (χ2n) is 7.81. The Bertz CT molecular complexity index is 1090. The van der Waals surface area contributed by atoms with E-state index in [1.165, 1.54) is 36.3 Å². The topological polar surface area (TPSA) is 116 Å². The molecule has 0 fully saturated rings. The first-order valence-corrected chi connectivity index (χ1v) is 12.3. The van der Waals surface area contributed by atoms with E-state index in [9.17, 15) is 23.2 Å². The van der Waals surface area contributed by atoms with Crippen molar-refractivity contribution in [3.63, 3.8) is 0 Å². The molecule has 1 unspecified atom stereocenters. The fourth-order valence-electron chi connectivity index (χ4n) is 3.87. The maximum absolute atomic E-state index is 13.6. The van der Waals surface area contributed by atoms with Crippen LogP contribution < -0.4 is 15.1 Å². The molecule has 0 radical (unpaired) electrons. The highest BCUT2D eigenvalue weighted by atomic mass is 32.2. The van der Waals surface area contributed by atoms with Crippen molar-refractivity contribution in [2.75, 3.05) is 18.6 Å². The van der Waals surface area contributed by atoms with E-state index in [0.717, 1.165) is 17.1 Å². The number of rotatable bonds is 8. The largest absolute Gasteiger partial charge is 0.497 e. The number of hydrogen-bond acceptors (Lipinski definition) is 6. The minimum Gasteiger partial charge on any atom is -0.497 e. The van der Waals surface area contributed by atoms with Gasteiger partial charge in [-0.3, -0.25) is 14.8 Å². The molecular weight excluding hydrogens is 446 g/mol. The molecule has 0 spiro atoms. The van der Waals surface area contributed by atoms with Crippen LogP contribution >= 0.6 is 0 Å². The Hall–Kier alpha value is -2.95. The van der Waals surface area contributed by atoms with Crippen LogP contribution in [-0.4, -0.2) is 49.4 Å². The van der Waals surface area contributed by atoms with Crippen LogP contribution in [0.15, 0.2) is 53.4 Å². The first-order valence-electron chi connectivity index (χ1n) is 10.8. The number of hydroxylamine groups is 1. The Morgan fingerprint density at radius 2 is 1.82 bits per heavy atom. The molecule has 1 heterocycles. The second kappa shape index (κ2) is 10.8. The summed E-state index contributed by atoms with van der Waals surface area (Å²) >= 11 is 0. The first kappa shape index (κ1) is 24.7. The van der Waals surface area contributed by atoms with E-state index >= 15 is 0 Å². The van der Waals surface area contributed by atoms with Crippen molar-refractivity contribution in [3.05, 3.63) is 54.1 Å². The summed E-state index contributed by atoms with van der Waals surface area (Å²) in [5.41, 5.74) is 2.72. The summed E-state index contributed by atoms with van der Waals surface area (Å²) < 4.78 is 33.3. The summed E-state index contributed by atoms with van der Waals surface area (Å²) in [6.45, 7) is 1.68. The fourth-order valence-corrected chi connectivity index (χ4v) is 5.43. The summed E-state index contributed by atoms with van der Waals surface area (Å²) in [5, 5.41) is 9.38. The van der Waals surface area contributed by atoms with Crippen LogP contribution in [0.25, 0.3) is 0 Å². The summed E-state index contributed by atoms with van der Waals surface area (Å²) in [6.07, 6.45) is 2.81. The summed E-state index contributed by atoms with van der Waals surface area (Å²) in [4.78, 5) is 27.2. The predicted molar refractivity (Wildman–Crippen MR) is 122 cm³/mol. The Morgan fingerprint density at radius 3 is 2.45 bits per heavy atom. The average Bonchev–Trinajstić information content (AvgIpc) is 3.01. The molecule has 2 amide bonds. The monoisotopic (exact) mass is 475 g/mol. The third kappa shape index (κ3) is 5.35. The van der Waals surface area contributed by atoms with E-state index in [0.29, 0.717) is 23.4 Å². The number of sulfonamides is 1. The first-order chi connectivity index (χ1) is 15.8. The summed E-state index contributed by atoms with van der Waals surface area (Å²) in [5.74, 6) is -0.620. The highest BCUT2D eigenvalue weighted by Gasteiger charge is 2.41. The highest BCUT2D eigenvalue weighted by Crippen LogP contribution is 2.32. The number of ether oxygens (including phenoxy) is 1. The van der Waals surface area contributed by atoms with Gasteiger partial charge >= 0.3 is 0 Å². The van der Waals surface area contributed by atoms with Gasteiger partial charge in [0.05, 0.1) is 18.6 Å². The molecular formula is C23H29N3O6S. The van der Waals surface area contributed by atoms with Crippen molar-refractivity contribution in [3.8, 4) is 5.75 Å². The van der Waals surface area contributed by atoms with Crippen molar-refractivity contribution in [1.29, 1.82) is 0 Å². The Morgan fingerprint density at radius 1 is 1.12 bits per heavy atom. The number of nitrogens with zero attached hydrogens (tertiary/aromatic N) is 2. The number of nitrogens with one attached hydrogen (secondary N) is 1. The SMILES string of the molecule is CCCCCC(=O)N1CC(C(=O)NO)N(S(=O)(=O)c2ccc(OC)cc2)Cc2ccccc21. The van der Waals surface area contributed by atoms with Crippen molar-refractivity contribution < 1.29 is 28.0 Å². The lowest BCUT2D eigenvalue weighted by atomic mass is 10.1. The van der Waals surface area contributed by atoms with Crippen molar-refractivity contribution in [2.24, 2.45) is 0 Å². The number of unbranched alkanes of at least 4 members (excludes halogenated alkanes) is 2. The minimum absolute atomic E-state index is 0.0285. The normalized spacial score (nSPS) is 16.6. The molecule has 0 saturated carbocycles. The smallest absolute Gasteiger partial charge is 0.263 e. The molecule has 1 aliphatic heterocycles. The Labute approximate surface area is 194 Å². The zero-order valence-corrected chi connectivity index (χ0v) is 19.5. The van der Waals surface area contributed by atoms with Gasteiger partial charge in [0, 0.05) is 18.7 Å². The van der Waals surface area contributed by atoms with Gasteiger partial charge < -0.3 is 9.64 Å². The van der Waals surface area contributed by atoms with Crippen LogP contribution in [-0.2, 0) is 26.2 Å². The summed E-state index contributed by atoms with van der Waals surface area (Å²) in [6, 6.07) is 11.5. The average molecular weight is 476 g/mol. The van der Waals surface area contributed by atoms with Crippen molar-refractivity contribution >= 4 is 27.5 Å². The molecule has 0 aromatic heterocycles.